The van der Waals surface area contributed by atoms with E-state index in [0.29, 0.717) is 0 Å². The Hall–Kier alpha value is -2.58. The van der Waals surface area contributed by atoms with Crippen LogP contribution in [0.1, 0.15) is 15.9 Å². The van der Waals surface area contributed by atoms with E-state index in [-0.39, 0.29) is 17.2 Å². The van der Waals surface area contributed by atoms with Crippen molar-refractivity contribution >= 4 is 11.7 Å². The van der Waals surface area contributed by atoms with E-state index in [4.69, 9.17) is 5.73 Å². The maximum absolute atomic E-state index is 12.8. The molecule has 20 heavy (non-hydrogen) atoms. The molecule has 9 heteroatoms. The number of anilines is 1. The van der Waals surface area contributed by atoms with Crippen molar-refractivity contribution in [2.45, 2.75) is 6.18 Å². The van der Waals surface area contributed by atoms with Gasteiger partial charge >= 0.3 is 6.18 Å². The molecule has 0 aliphatic carbocycles. The summed E-state index contributed by atoms with van der Waals surface area (Å²) in [6, 6.07) is 1.71. The fourth-order valence-corrected chi connectivity index (χ4v) is 1.50. The van der Waals surface area contributed by atoms with E-state index in [0.717, 1.165) is 23.0 Å². The molecule has 0 aromatic carbocycles. The fraction of sp³-hybridized carbons (Fsp3) is 0.182. The molecule has 0 fully saturated rings. The number of nitrogens with two attached hydrogens (primary N) is 1. The quantitative estimate of drug-likeness (QED) is 0.893. The number of nitrogens with zero attached hydrogens (tertiary/aromatic N) is 3. The van der Waals surface area contributed by atoms with Gasteiger partial charge in [-0.3, -0.25) is 4.79 Å². The number of rotatable bonds is 3. The molecule has 0 saturated carbocycles. The number of alkyl halides is 3. The SMILES string of the molecule is CNc1cc(C(F)(F)F)cc(-n2cc(C(N)=O)cn2)n1. The van der Waals surface area contributed by atoms with Gasteiger partial charge in [0.2, 0.25) is 0 Å². The minimum atomic E-state index is -4.51. The molecule has 2 aromatic rings. The molecule has 0 saturated heterocycles. The summed E-state index contributed by atoms with van der Waals surface area (Å²) in [7, 11) is 1.45. The second-order valence-corrected chi connectivity index (χ2v) is 3.88. The highest BCUT2D eigenvalue weighted by atomic mass is 19.4. The van der Waals surface area contributed by atoms with E-state index in [2.05, 4.69) is 15.4 Å². The molecule has 1 amide bonds. The molecule has 6 nitrogen and oxygen atoms in total. The van der Waals surface area contributed by atoms with E-state index in [1.807, 2.05) is 0 Å². The Morgan fingerprint density at radius 3 is 2.60 bits per heavy atom. The number of pyridine rings is 1. The van der Waals surface area contributed by atoms with E-state index in [9.17, 15) is 18.0 Å². The van der Waals surface area contributed by atoms with Crippen LogP contribution in [0.25, 0.3) is 5.82 Å². The molecule has 106 valence electrons. The first kappa shape index (κ1) is 13.8. The van der Waals surface area contributed by atoms with Gasteiger partial charge in [0.1, 0.15) is 5.82 Å². The number of carbonyl (C=O) groups is 1. The standard InChI is InChI=1S/C11H10F3N5O/c1-16-8-2-7(11(12,13)14)3-9(18-8)19-5-6(4-17-19)10(15)20/h2-5H,1H3,(H2,15,20)(H,16,18). The Balaban J connectivity index is 2.52. The van der Waals surface area contributed by atoms with Crippen molar-refractivity contribution in [2.24, 2.45) is 5.73 Å². The largest absolute Gasteiger partial charge is 0.416 e. The predicted molar refractivity (Wildman–Crippen MR) is 64.4 cm³/mol. The molecule has 0 unspecified atom stereocenters. The van der Waals surface area contributed by atoms with Crippen LogP contribution in [0, 0.1) is 0 Å². The van der Waals surface area contributed by atoms with Crippen molar-refractivity contribution in [1.29, 1.82) is 0 Å². The summed E-state index contributed by atoms with van der Waals surface area (Å²) < 4.78 is 39.4. The zero-order chi connectivity index (χ0) is 14.9. The summed E-state index contributed by atoms with van der Waals surface area (Å²) in [6.45, 7) is 0. The van der Waals surface area contributed by atoms with Crippen molar-refractivity contribution in [3.05, 3.63) is 35.7 Å². The topological polar surface area (TPSA) is 85.8 Å². The van der Waals surface area contributed by atoms with Gasteiger partial charge in [-0.05, 0) is 12.1 Å². The number of primary amides is 1. The first-order chi connectivity index (χ1) is 9.31. The monoisotopic (exact) mass is 285 g/mol. The summed E-state index contributed by atoms with van der Waals surface area (Å²) in [5.74, 6) is -0.764. The second-order valence-electron chi connectivity index (χ2n) is 3.88. The Bertz CT molecular complexity index is 650. The average molecular weight is 285 g/mol. The molecule has 0 aliphatic heterocycles. The van der Waals surface area contributed by atoms with Crippen LogP contribution in [0.3, 0.4) is 0 Å². The summed E-state index contributed by atoms with van der Waals surface area (Å²) in [4.78, 5) is 14.9. The molecule has 0 radical (unpaired) electrons. The molecule has 0 aliphatic rings. The summed E-state index contributed by atoms with van der Waals surface area (Å²) in [5, 5.41) is 6.30. The van der Waals surface area contributed by atoms with Gasteiger partial charge < -0.3 is 11.1 Å². The molecule has 2 aromatic heterocycles. The maximum Gasteiger partial charge on any atom is 0.416 e. The van der Waals surface area contributed by atoms with E-state index < -0.39 is 17.6 Å². The van der Waals surface area contributed by atoms with Crippen LogP contribution in [0.2, 0.25) is 0 Å². The van der Waals surface area contributed by atoms with Crippen molar-refractivity contribution < 1.29 is 18.0 Å². The first-order valence-corrected chi connectivity index (χ1v) is 5.43. The third kappa shape index (κ3) is 2.71. The summed E-state index contributed by atoms with van der Waals surface area (Å²) in [6.07, 6.45) is -2.14. The smallest absolute Gasteiger partial charge is 0.373 e. The maximum atomic E-state index is 12.8. The Morgan fingerprint density at radius 2 is 2.10 bits per heavy atom. The van der Waals surface area contributed by atoms with Gasteiger partial charge in [-0.15, -0.1) is 0 Å². The van der Waals surface area contributed by atoms with Gasteiger partial charge in [0, 0.05) is 13.2 Å². The molecule has 0 atom stereocenters. The number of hydrogen-bond donors (Lipinski definition) is 2. The molecule has 2 heterocycles. The van der Waals surface area contributed by atoms with Crippen LogP contribution in [-0.4, -0.2) is 27.7 Å². The average Bonchev–Trinajstić information content (AvgIpc) is 2.87. The summed E-state index contributed by atoms with van der Waals surface area (Å²) >= 11 is 0. The second kappa shape index (κ2) is 4.83. The van der Waals surface area contributed by atoms with Crippen LogP contribution in [-0.2, 0) is 6.18 Å². The fourth-order valence-electron chi connectivity index (χ4n) is 1.50. The van der Waals surface area contributed by atoms with Crippen molar-refractivity contribution in [3.8, 4) is 5.82 Å². The lowest BCUT2D eigenvalue weighted by atomic mass is 10.2. The Morgan fingerprint density at radius 1 is 1.40 bits per heavy atom. The lowest BCUT2D eigenvalue weighted by molar-refractivity contribution is -0.137. The lowest BCUT2D eigenvalue weighted by Crippen LogP contribution is -2.11. The molecule has 2 rings (SSSR count). The van der Waals surface area contributed by atoms with Crippen molar-refractivity contribution in [1.82, 2.24) is 14.8 Å². The van der Waals surface area contributed by atoms with Crippen LogP contribution >= 0.6 is 0 Å². The number of hydrogen-bond acceptors (Lipinski definition) is 4. The number of carbonyl (C=O) groups excluding carboxylic acids is 1. The zero-order valence-electron chi connectivity index (χ0n) is 10.3. The number of nitrogens with one attached hydrogen (secondary N) is 1. The van der Waals surface area contributed by atoms with E-state index in [1.165, 1.54) is 13.2 Å². The summed E-state index contributed by atoms with van der Waals surface area (Å²) in [5.41, 5.74) is 4.26. The van der Waals surface area contributed by atoms with Crippen molar-refractivity contribution in [2.75, 3.05) is 12.4 Å². The molecule has 0 spiro atoms. The Labute approximate surface area is 111 Å². The highest BCUT2D eigenvalue weighted by Gasteiger charge is 2.31. The van der Waals surface area contributed by atoms with Gasteiger partial charge in [0.15, 0.2) is 5.82 Å². The minimum Gasteiger partial charge on any atom is -0.373 e. The normalized spacial score (nSPS) is 11.4. The molecule has 0 bridgehead atoms. The predicted octanol–water partition coefficient (Wildman–Crippen LogP) is 1.43. The van der Waals surface area contributed by atoms with Gasteiger partial charge in [0.25, 0.3) is 5.91 Å². The first-order valence-electron chi connectivity index (χ1n) is 5.43. The lowest BCUT2D eigenvalue weighted by Gasteiger charge is -2.11. The van der Waals surface area contributed by atoms with Gasteiger partial charge in [0.05, 0.1) is 17.3 Å². The van der Waals surface area contributed by atoms with Crippen LogP contribution in [0.4, 0.5) is 19.0 Å². The number of halogens is 3. The number of aromatic nitrogens is 3. The highest BCUT2D eigenvalue weighted by Crippen LogP contribution is 2.31. The zero-order valence-corrected chi connectivity index (χ0v) is 10.3. The van der Waals surface area contributed by atoms with Crippen LogP contribution < -0.4 is 11.1 Å². The molecular weight excluding hydrogens is 275 g/mol. The van der Waals surface area contributed by atoms with Gasteiger partial charge in [-0.25, -0.2) is 9.67 Å². The molecule has 3 N–H and O–H groups in total. The highest BCUT2D eigenvalue weighted by molar-refractivity contribution is 5.92. The van der Waals surface area contributed by atoms with Crippen LogP contribution in [0.15, 0.2) is 24.5 Å². The third-order valence-electron chi connectivity index (χ3n) is 2.50. The Kier molecular flexibility index (Phi) is 3.35. The van der Waals surface area contributed by atoms with Gasteiger partial charge in [-0.2, -0.15) is 18.3 Å². The number of amides is 1. The van der Waals surface area contributed by atoms with E-state index >= 15 is 0 Å². The van der Waals surface area contributed by atoms with Gasteiger partial charge in [-0.1, -0.05) is 0 Å². The van der Waals surface area contributed by atoms with Crippen LogP contribution in [0.5, 0.6) is 0 Å². The molecular formula is C11H10F3N5O. The minimum absolute atomic E-state index is 0.0333. The van der Waals surface area contributed by atoms with Crippen molar-refractivity contribution in [3.63, 3.8) is 0 Å². The third-order valence-corrected chi connectivity index (χ3v) is 2.50. The van der Waals surface area contributed by atoms with E-state index in [1.54, 1.807) is 0 Å².